The minimum Gasteiger partial charge on any atom is -0.316 e. The number of thioether (sulfide) groups is 1. The molecule has 4 nitrogen and oxygen atoms in total. The highest BCUT2D eigenvalue weighted by atomic mass is 35.5. The van der Waals surface area contributed by atoms with Crippen LogP contribution < -0.4 is 5.32 Å². The maximum Gasteiger partial charge on any atom is 0.243 e. The van der Waals surface area contributed by atoms with Crippen LogP contribution in [0.3, 0.4) is 0 Å². The quantitative estimate of drug-likeness (QED) is 0.908. The third-order valence-electron chi connectivity index (χ3n) is 3.82. The highest BCUT2D eigenvalue weighted by molar-refractivity contribution is 8.00. The molecule has 0 spiro atoms. The molecule has 21 heavy (non-hydrogen) atoms. The molecular weight excluding hydrogens is 328 g/mol. The van der Waals surface area contributed by atoms with Crippen molar-refractivity contribution in [2.75, 3.05) is 19.3 Å². The van der Waals surface area contributed by atoms with Crippen molar-refractivity contribution in [3.63, 3.8) is 0 Å². The van der Waals surface area contributed by atoms with Gasteiger partial charge in [0.05, 0.1) is 4.90 Å². The number of halogens is 1. The predicted octanol–water partition coefficient (Wildman–Crippen LogP) is 2.57. The van der Waals surface area contributed by atoms with Crippen LogP contribution in [0.15, 0.2) is 23.1 Å². The summed E-state index contributed by atoms with van der Waals surface area (Å²) in [6, 6.07) is 4.97. The van der Waals surface area contributed by atoms with Crippen molar-refractivity contribution in [3.8, 4) is 0 Å². The number of sulfonamides is 1. The molecule has 1 aliphatic rings. The Bertz CT molecular complexity index is 607. The van der Waals surface area contributed by atoms with E-state index in [1.54, 1.807) is 22.5 Å². The number of nitrogens with zero attached hydrogens (tertiary/aromatic N) is 1. The smallest absolute Gasteiger partial charge is 0.243 e. The van der Waals surface area contributed by atoms with Gasteiger partial charge in [-0.3, -0.25) is 0 Å². The Morgan fingerprint density at radius 2 is 2.14 bits per heavy atom. The summed E-state index contributed by atoms with van der Waals surface area (Å²) in [7, 11) is -1.65. The average molecular weight is 349 g/mol. The fraction of sp³-hybridized carbons (Fsp3) is 0.571. The second-order valence-electron chi connectivity index (χ2n) is 5.22. The number of nitrogens with one attached hydrogen (secondary N) is 1. The van der Waals surface area contributed by atoms with Crippen LogP contribution in [0.25, 0.3) is 0 Å². The molecule has 0 amide bonds. The fourth-order valence-electron chi connectivity index (χ4n) is 2.40. The summed E-state index contributed by atoms with van der Waals surface area (Å²) >= 11 is 8.00. The molecule has 1 saturated heterocycles. The Balaban J connectivity index is 2.33. The molecular formula is C14H21ClN2O2S2. The van der Waals surface area contributed by atoms with Crippen LogP contribution in [0.2, 0.25) is 5.02 Å². The van der Waals surface area contributed by atoms with E-state index in [2.05, 4.69) is 12.2 Å². The first-order chi connectivity index (χ1) is 9.87. The average Bonchev–Trinajstić information content (AvgIpc) is 2.44. The van der Waals surface area contributed by atoms with E-state index in [1.807, 2.05) is 25.7 Å². The minimum absolute atomic E-state index is 0.00971. The molecule has 0 radical (unpaired) electrons. The molecule has 1 N–H and O–H groups in total. The Morgan fingerprint density at radius 3 is 2.76 bits per heavy atom. The van der Waals surface area contributed by atoms with Crippen LogP contribution >= 0.6 is 23.4 Å². The monoisotopic (exact) mass is 348 g/mol. The summed E-state index contributed by atoms with van der Waals surface area (Å²) < 4.78 is 27.2. The Kier molecular flexibility index (Phi) is 5.59. The number of hydrogen-bond acceptors (Lipinski definition) is 4. The molecule has 1 fully saturated rings. The van der Waals surface area contributed by atoms with Gasteiger partial charge in [-0.2, -0.15) is 16.1 Å². The zero-order valence-electron chi connectivity index (χ0n) is 12.5. The zero-order valence-corrected chi connectivity index (χ0v) is 14.9. The van der Waals surface area contributed by atoms with Gasteiger partial charge in [0.25, 0.3) is 0 Å². The molecule has 0 aromatic heterocycles. The molecule has 2 unspecified atom stereocenters. The number of hydrogen-bond donors (Lipinski definition) is 1. The van der Waals surface area contributed by atoms with Gasteiger partial charge in [0.15, 0.2) is 0 Å². The lowest BCUT2D eigenvalue weighted by atomic mass is 10.2. The van der Waals surface area contributed by atoms with Gasteiger partial charge in [-0.25, -0.2) is 8.42 Å². The van der Waals surface area contributed by atoms with Gasteiger partial charge in [-0.05, 0) is 31.7 Å². The van der Waals surface area contributed by atoms with E-state index in [1.165, 1.54) is 0 Å². The molecule has 7 heteroatoms. The lowest BCUT2D eigenvalue weighted by Crippen LogP contribution is -2.47. The summed E-state index contributed by atoms with van der Waals surface area (Å²) in [5, 5.41) is 3.79. The van der Waals surface area contributed by atoms with Crippen LogP contribution in [0.5, 0.6) is 0 Å². The van der Waals surface area contributed by atoms with Gasteiger partial charge in [0, 0.05) is 35.2 Å². The van der Waals surface area contributed by atoms with Crippen LogP contribution in [-0.4, -0.2) is 43.4 Å². The van der Waals surface area contributed by atoms with Gasteiger partial charge >= 0.3 is 0 Å². The Labute approximate surface area is 136 Å². The van der Waals surface area contributed by atoms with Crippen molar-refractivity contribution < 1.29 is 8.42 Å². The zero-order chi connectivity index (χ0) is 15.6. The van der Waals surface area contributed by atoms with Crippen molar-refractivity contribution in [3.05, 3.63) is 28.8 Å². The van der Waals surface area contributed by atoms with Gasteiger partial charge in [0.2, 0.25) is 10.0 Å². The van der Waals surface area contributed by atoms with Crippen LogP contribution in [-0.2, 0) is 16.6 Å². The van der Waals surface area contributed by atoms with Gasteiger partial charge in [0.1, 0.15) is 0 Å². The van der Waals surface area contributed by atoms with Crippen LogP contribution in [0.4, 0.5) is 0 Å². The van der Waals surface area contributed by atoms with Gasteiger partial charge in [-0.15, -0.1) is 0 Å². The molecule has 118 valence electrons. The third kappa shape index (κ3) is 3.56. The van der Waals surface area contributed by atoms with Crippen molar-refractivity contribution in [1.82, 2.24) is 9.62 Å². The summed E-state index contributed by atoms with van der Waals surface area (Å²) in [5.74, 6) is 0.830. The molecule has 0 bridgehead atoms. The van der Waals surface area contributed by atoms with Crippen LogP contribution in [0, 0.1) is 0 Å². The standard InChI is InChI=1S/C14H21ClN2O2S2/c1-10-11(2)20-7-6-17(10)21(18,19)13-5-4-12(9-16-3)14(15)8-13/h4-5,8,10-11,16H,6-7,9H2,1-3H3. The highest BCUT2D eigenvalue weighted by Crippen LogP contribution is 2.30. The number of rotatable bonds is 4. The molecule has 1 heterocycles. The van der Waals surface area contributed by atoms with E-state index in [-0.39, 0.29) is 10.9 Å². The van der Waals surface area contributed by atoms with E-state index >= 15 is 0 Å². The Hall–Kier alpha value is -0.270. The first kappa shape index (κ1) is 17.1. The maximum atomic E-state index is 12.8. The molecule has 2 atom stereocenters. The second kappa shape index (κ2) is 6.87. The van der Waals surface area contributed by atoms with Crippen molar-refractivity contribution in [2.45, 2.75) is 36.6 Å². The molecule has 1 aliphatic heterocycles. The molecule has 0 aliphatic carbocycles. The summed E-state index contributed by atoms with van der Waals surface area (Å²) in [5.41, 5.74) is 0.897. The van der Waals surface area contributed by atoms with E-state index < -0.39 is 10.0 Å². The first-order valence-electron chi connectivity index (χ1n) is 6.94. The first-order valence-corrected chi connectivity index (χ1v) is 9.81. The normalized spacial score (nSPS) is 24.2. The van der Waals surface area contributed by atoms with E-state index in [0.717, 1.165) is 11.3 Å². The van der Waals surface area contributed by atoms with E-state index in [0.29, 0.717) is 23.4 Å². The molecule has 0 saturated carbocycles. The summed E-state index contributed by atoms with van der Waals surface area (Å²) in [4.78, 5) is 0.276. The van der Waals surface area contributed by atoms with Gasteiger partial charge < -0.3 is 5.32 Å². The van der Waals surface area contributed by atoms with Crippen molar-refractivity contribution in [1.29, 1.82) is 0 Å². The van der Waals surface area contributed by atoms with Crippen molar-refractivity contribution in [2.24, 2.45) is 0 Å². The molecule has 1 aromatic rings. The van der Waals surface area contributed by atoms with Gasteiger partial charge in [-0.1, -0.05) is 24.6 Å². The lowest BCUT2D eigenvalue weighted by molar-refractivity contribution is 0.340. The molecule has 2 rings (SSSR count). The number of benzene rings is 1. The highest BCUT2D eigenvalue weighted by Gasteiger charge is 2.35. The maximum absolute atomic E-state index is 12.8. The third-order valence-corrected chi connectivity index (χ3v) is 7.50. The largest absolute Gasteiger partial charge is 0.316 e. The summed E-state index contributed by atoms with van der Waals surface area (Å²) in [6.07, 6.45) is 0. The fourth-order valence-corrected chi connectivity index (χ4v) is 5.74. The minimum atomic E-state index is -3.48. The predicted molar refractivity (Wildman–Crippen MR) is 89.5 cm³/mol. The topological polar surface area (TPSA) is 49.4 Å². The SMILES string of the molecule is CNCc1ccc(S(=O)(=O)N2CCSC(C)C2C)cc1Cl. The summed E-state index contributed by atoms with van der Waals surface area (Å²) in [6.45, 7) is 5.20. The van der Waals surface area contributed by atoms with Crippen LogP contribution in [0.1, 0.15) is 19.4 Å². The van der Waals surface area contributed by atoms with E-state index in [4.69, 9.17) is 11.6 Å². The molecule has 1 aromatic carbocycles. The van der Waals surface area contributed by atoms with Crippen molar-refractivity contribution >= 4 is 33.4 Å². The van der Waals surface area contributed by atoms with E-state index in [9.17, 15) is 8.42 Å². The second-order valence-corrected chi connectivity index (χ2v) is 9.00. The lowest BCUT2D eigenvalue weighted by Gasteiger charge is -2.36. The Morgan fingerprint density at radius 1 is 1.43 bits per heavy atom.